The van der Waals surface area contributed by atoms with E-state index in [2.05, 4.69) is 41.2 Å². The first kappa shape index (κ1) is 14.0. The van der Waals surface area contributed by atoms with Crippen LogP contribution in [-0.2, 0) is 11.3 Å². The van der Waals surface area contributed by atoms with Crippen LogP contribution in [0.5, 0.6) is 0 Å². The van der Waals surface area contributed by atoms with Crippen molar-refractivity contribution in [3.63, 3.8) is 0 Å². The normalized spacial score (nSPS) is 20.8. The molecule has 0 aromatic carbocycles. The SMILES string of the molecule is CC(C)NC1CCCN(Cc2ccc(Br)s2)C1=O. The predicted octanol–water partition coefficient (Wildman–Crippen LogP) is 3.00. The van der Waals surface area contributed by atoms with E-state index in [0.717, 1.165) is 29.7 Å². The summed E-state index contributed by atoms with van der Waals surface area (Å²) in [4.78, 5) is 15.5. The molecule has 1 saturated heterocycles. The summed E-state index contributed by atoms with van der Waals surface area (Å²) in [6.45, 7) is 5.79. The Labute approximate surface area is 121 Å². The third-order valence-electron chi connectivity index (χ3n) is 3.04. The fraction of sp³-hybridized carbons (Fsp3) is 0.615. The molecule has 0 bridgehead atoms. The van der Waals surface area contributed by atoms with E-state index in [-0.39, 0.29) is 11.9 Å². The number of nitrogens with one attached hydrogen (secondary N) is 1. The summed E-state index contributed by atoms with van der Waals surface area (Å²) < 4.78 is 1.12. The Morgan fingerprint density at radius 3 is 2.94 bits per heavy atom. The molecule has 0 radical (unpaired) electrons. The van der Waals surface area contributed by atoms with Crippen LogP contribution in [0, 0.1) is 0 Å². The van der Waals surface area contributed by atoms with Crippen molar-refractivity contribution in [2.75, 3.05) is 6.54 Å². The number of amides is 1. The summed E-state index contributed by atoms with van der Waals surface area (Å²) in [5, 5.41) is 3.36. The maximum absolute atomic E-state index is 12.3. The number of carbonyl (C=O) groups is 1. The molecular weight excluding hydrogens is 312 g/mol. The van der Waals surface area contributed by atoms with Gasteiger partial charge in [0.1, 0.15) is 0 Å². The lowest BCUT2D eigenvalue weighted by molar-refractivity contribution is -0.136. The van der Waals surface area contributed by atoms with Crippen molar-refractivity contribution in [3.8, 4) is 0 Å². The molecule has 0 saturated carbocycles. The Morgan fingerprint density at radius 2 is 2.33 bits per heavy atom. The van der Waals surface area contributed by atoms with Crippen LogP contribution < -0.4 is 5.32 Å². The number of nitrogens with zero attached hydrogens (tertiary/aromatic N) is 1. The summed E-state index contributed by atoms with van der Waals surface area (Å²) in [6, 6.07) is 4.48. The third-order valence-corrected chi connectivity index (χ3v) is 4.65. The van der Waals surface area contributed by atoms with E-state index < -0.39 is 0 Å². The smallest absolute Gasteiger partial charge is 0.240 e. The molecule has 1 unspecified atom stereocenters. The molecule has 0 aliphatic carbocycles. The number of thiophene rings is 1. The summed E-state index contributed by atoms with van der Waals surface area (Å²) >= 11 is 5.16. The molecule has 1 N–H and O–H groups in total. The lowest BCUT2D eigenvalue weighted by atomic mass is 10.0. The van der Waals surface area contributed by atoms with Crippen molar-refractivity contribution in [1.29, 1.82) is 0 Å². The minimum Gasteiger partial charge on any atom is -0.336 e. The van der Waals surface area contributed by atoms with E-state index in [4.69, 9.17) is 0 Å². The van der Waals surface area contributed by atoms with Crippen molar-refractivity contribution >= 4 is 33.2 Å². The van der Waals surface area contributed by atoms with E-state index in [1.165, 1.54) is 4.88 Å². The predicted molar refractivity (Wildman–Crippen MR) is 78.7 cm³/mol. The van der Waals surface area contributed by atoms with Crippen LogP contribution in [0.1, 0.15) is 31.6 Å². The molecule has 2 rings (SSSR count). The number of hydrogen-bond donors (Lipinski definition) is 1. The molecule has 1 fully saturated rings. The molecule has 100 valence electrons. The van der Waals surface area contributed by atoms with E-state index in [9.17, 15) is 4.79 Å². The fourth-order valence-electron chi connectivity index (χ4n) is 2.28. The Balaban J connectivity index is 1.98. The van der Waals surface area contributed by atoms with Gasteiger partial charge < -0.3 is 10.2 Å². The standard InChI is InChI=1S/C13H19BrN2OS/c1-9(2)15-11-4-3-7-16(13(11)17)8-10-5-6-12(14)18-10/h5-6,9,11,15H,3-4,7-8H2,1-2H3. The van der Waals surface area contributed by atoms with Gasteiger partial charge in [-0.1, -0.05) is 13.8 Å². The Bertz CT molecular complexity index is 419. The number of halogens is 1. The lowest BCUT2D eigenvalue weighted by Gasteiger charge is -2.33. The van der Waals surface area contributed by atoms with Gasteiger partial charge >= 0.3 is 0 Å². The molecular formula is C13H19BrN2OS. The first-order valence-corrected chi connectivity index (χ1v) is 7.96. The Morgan fingerprint density at radius 1 is 1.56 bits per heavy atom. The van der Waals surface area contributed by atoms with Gasteiger partial charge in [-0.15, -0.1) is 11.3 Å². The van der Waals surface area contributed by atoms with Crippen LogP contribution in [0.2, 0.25) is 0 Å². The summed E-state index contributed by atoms with van der Waals surface area (Å²) in [6.07, 6.45) is 2.05. The molecule has 1 aromatic rings. The highest BCUT2D eigenvalue weighted by Crippen LogP contribution is 2.24. The highest BCUT2D eigenvalue weighted by atomic mass is 79.9. The number of hydrogen-bond acceptors (Lipinski definition) is 3. The second kappa shape index (κ2) is 6.17. The number of rotatable bonds is 4. The second-order valence-electron chi connectivity index (χ2n) is 4.98. The number of piperidine rings is 1. The highest BCUT2D eigenvalue weighted by Gasteiger charge is 2.28. The molecule has 5 heteroatoms. The van der Waals surface area contributed by atoms with Gasteiger partial charge in [0.15, 0.2) is 0 Å². The van der Waals surface area contributed by atoms with Crippen LogP contribution in [0.25, 0.3) is 0 Å². The van der Waals surface area contributed by atoms with Crippen LogP contribution in [-0.4, -0.2) is 29.4 Å². The molecule has 1 aromatic heterocycles. The van der Waals surface area contributed by atoms with Crippen LogP contribution in [0.15, 0.2) is 15.9 Å². The molecule has 18 heavy (non-hydrogen) atoms. The fourth-order valence-corrected chi connectivity index (χ4v) is 3.78. The average molecular weight is 331 g/mol. The first-order valence-electron chi connectivity index (χ1n) is 6.35. The van der Waals surface area contributed by atoms with Gasteiger partial charge in [0.05, 0.1) is 16.4 Å². The monoisotopic (exact) mass is 330 g/mol. The van der Waals surface area contributed by atoms with Gasteiger partial charge in [-0.2, -0.15) is 0 Å². The Kier molecular flexibility index (Phi) is 4.81. The maximum atomic E-state index is 12.3. The minimum atomic E-state index is 0.00199. The zero-order valence-electron chi connectivity index (χ0n) is 10.8. The van der Waals surface area contributed by atoms with Crippen molar-refractivity contribution in [2.24, 2.45) is 0 Å². The van der Waals surface area contributed by atoms with E-state index >= 15 is 0 Å². The molecule has 1 atom stereocenters. The topological polar surface area (TPSA) is 32.3 Å². The zero-order chi connectivity index (χ0) is 13.1. The van der Waals surface area contributed by atoms with Crippen molar-refractivity contribution in [1.82, 2.24) is 10.2 Å². The van der Waals surface area contributed by atoms with E-state index in [1.807, 2.05) is 11.0 Å². The first-order chi connectivity index (χ1) is 8.56. The molecule has 0 spiro atoms. The van der Waals surface area contributed by atoms with Gasteiger partial charge in [0.25, 0.3) is 0 Å². The van der Waals surface area contributed by atoms with Gasteiger partial charge in [-0.25, -0.2) is 0 Å². The third kappa shape index (κ3) is 3.56. The van der Waals surface area contributed by atoms with Crippen molar-refractivity contribution < 1.29 is 4.79 Å². The maximum Gasteiger partial charge on any atom is 0.240 e. The van der Waals surface area contributed by atoms with E-state index in [1.54, 1.807) is 11.3 Å². The molecule has 1 aliphatic rings. The minimum absolute atomic E-state index is 0.00199. The quantitative estimate of drug-likeness (QED) is 0.920. The van der Waals surface area contributed by atoms with Crippen molar-refractivity contribution in [3.05, 3.63) is 20.8 Å². The van der Waals surface area contributed by atoms with Gasteiger partial charge in [0.2, 0.25) is 5.91 Å². The highest BCUT2D eigenvalue weighted by molar-refractivity contribution is 9.11. The zero-order valence-corrected chi connectivity index (χ0v) is 13.2. The molecule has 2 heterocycles. The lowest BCUT2D eigenvalue weighted by Crippen LogP contribution is -2.51. The van der Waals surface area contributed by atoms with Gasteiger partial charge in [0, 0.05) is 17.5 Å². The van der Waals surface area contributed by atoms with Crippen LogP contribution in [0.4, 0.5) is 0 Å². The molecule has 3 nitrogen and oxygen atoms in total. The van der Waals surface area contributed by atoms with Gasteiger partial charge in [-0.3, -0.25) is 4.79 Å². The number of likely N-dealkylation sites (tertiary alicyclic amines) is 1. The van der Waals surface area contributed by atoms with Crippen molar-refractivity contribution in [2.45, 2.75) is 45.3 Å². The molecule has 1 amide bonds. The Hall–Kier alpha value is -0.390. The largest absolute Gasteiger partial charge is 0.336 e. The molecule has 1 aliphatic heterocycles. The summed E-state index contributed by atoms with van der Waals surface area (Å²) in [7, 11) is 0. The summed E-state index contributed by atoms with van der Waals surface area (Å²) in [5.41, 5.74) is 0. The van der Waals surface area contributed by atoms with Gasteiger partial charge in [-0.05, 0) is 40.9 Å². The van der Waals surface area contributed by atoms with E-state index in [0.29, 0.717) is 6.04 Å². The summed E-state index contributed by atoms with van der Waals surface area (Å²) in [5.74, 6) is 0.250. The number of carbonyl (C=O) groups excluding carboxylic acids is 1. The van der Waals surface area contributed by atoms with Crippen LogP contribution in [0.3, 0.4) is 0 Å². The average Bonchev–Trinajstić information content (AvgIpc) is 2.69. The second-order valence-corrected chi connectivity index (χ2v) is 7.53. The van der Waals surface area contributed by atoms with Crippen LogP contribution >= 0.6 is 27.3 Å².